The van der Waals surface area contributed by atoms with Gasteiger partial charge in [0.05, 0.1) is 5.39 Å². The van der Waals surface area contributed by atoms with Crippen molar-refractivity contribution in [3.05, 3.63) is 40.2 Å². The Kier molecular flexibility index (Phi) is 7.71. The largest absolute Gasteiger partial charge is 0.506 e. The number of hydrogen-bond donors (Lipinski definition) is 1. The number of aromatic hydroxyl groups is 1. The number of unbranched alkanes of at least 4 members (excludes halogenated alkanes) is 8. The van der Waals surface area contributed by atoms with E-state index in [1.54, 1.807) is 24.3 Å². The predicted octanol–water partition coefficient (Wildman–Crippen LogP) is 5.60. The van der Waals surface area contributed by atoms with Crippen LogP contribution in [0.1, 0.15) is 81.5 Å². The number of fused-ring (bicyclic) bond motifs is 1. The van der Waals surface area contributed by atoms with Gasteiger partial charge in [0, 0.05) is 6.42 Å². The van der Waals surface area contributed by atoms with E-state index in [1.165, 1.54) is 38.5 Å². The molecule has 1 aromatic heterocycles. The maximum Gasteiger partial charge on any atom is 0.351 e. The van der Waals surface area contributed by atoms with Crippen LogP contribution in [0.5, 0.6) is 5.75 Å². The van der Waals surface area contributed by atoms with E-state index in [-0.39, 0.29) is 23.5 Å². The molecule has 1 heterocycles. The quantitative estimate of drug-likeness (QED) is 0.327. The highest BCUT2D eigenvalue weighted by molar-refractivity contribution is 6.02. The summed E-state index contributed by atoms with van der Waals surface area (Å²) in [7, 11) is 0. The summed E-state index contributed by atoms with van der Waals surface area (Å²) in [4.78, 5) is 24.3. The first-order valence-electron chi connectivity index (χ1n) is 9.43. The summed E-state index contributed by atoms with van der Waals surface area (Å²) in [5, 5.41) is 10.7. The van der Waals surface area contributed by atoms with Gasteiger partial charge in [0.15, 0.2) is 5.78 Å². The average molecular weight is 344 g/mol. The Hall–Kier alpha value is -2.10. The van der Waals surface area contributed by atoms with E-state index in [0.29, 0.717) is 11.0 Å². The third kappa shape index (κ3) is 5.45. The van der Waals surface area contributed by atoms with E-state index in [0.717, 1.165) is 19.3 Å². The zero-order valence-electron chi connectivity index (χ0n) is 15.1. The zero-order valence-corrected chi connectivity index (χ0v) is 15.1. The van der Waals surface area contributed by atoms with Crippen LogP contribution in [0.2, 0.25) is 0 Å². The molecule has 0 saturated heterocycles. The summed E-state index contributed by atoms with van der Waals surface area (Å²) in [6.07, 6.45) is 10.7. The van der Waals surface area contributed by atoms with Crippen LogP contribution >= 0.6 is 0 Å². The van der Waals surface area contributed by atoms with Gasteiger partial charge in [-0.05, 0) is 18.6 Å². The highest BCUT2D eigenvalue weighted by atomic mass is 16.4. The lowest BCUT2D eigenvalue weighted by Gasteiger charge is -2.06. The molecule has 0 aliphatic rings. The minimum absolute atomic E-state index is 0.210. The summed E-state index contributed by atoms with van der Waals surface area (Å²) in [6, 6.07) is 6.69. The molecule has 0 radical (unpaired) electrons. The number of Topliss-reactive ketones (excluding diaryl/α,β-unsaturated/α-hetero) is 1. The predicted molar refractivity (Wildman–Crippen MR) is 100 cm³/mol. The van der Waals surface area contributed by atoms with Gasteiger partial charge in [0.2, 0.25) is 0 Å². The Bertz CT molecular complexity index is 745. The molecule has 0 amide bonds. The van der Waals surface area contributed by atoms with E-state index in [9.17, 15) is 14.7 Å². The van der Waals surface area contributed by atoms with Crippen LogP contribution in [0, 0.1) is 0 Å². The van der Waals surface area contributed by atoms with Crippen molar-refractivity contribution in [1.82, 2.24) is 0 Å². The first-order valence-corrected chi connectivity index (χ1v) is 9.43. The van der Waals surface area contributed by atoms with Crippen LogP contribution in [-0.2, 0) is 0 Å². The number of carbonyl (C=O) groups excluding carboxylic acids is 1. The molecule has 0 saturated carbocycles. The normalized spacial score (nSPS) is 11.1. The number of carbonyl (C=O) groups is 1. The van der Waals surface area contributed by atoms with Gasteiger partial charge in [-0.2, -0.15) is 0 Å². The molecule has 2 rings (SSSR count). The van der Waals surface area contributed by atoms with Crippen molar-refractivity contribution in [2.75, 3.05) is 0 Å². The van der Waals surface area contributed by atoms with Gasteiger partial charge >= 0.3 is 5.63 Å². The third-order valence-corrected chi connectivity index (χ3v) is 4.57. The summed E-state index contributed by atoms with van der Waals surface area (Å²) >= 11 is 0. The number of benzene rings is 1. The average Bonchev–Trinajstić information content (AvgIpc) is 2.60. The van der Waals surface area contributed by atoms with Crippen LogP contribution in [-0.4, -0.2) is 10.9 Å². The molecule has 1 N–H and O–H groups in total. The van der Waals surface area contributed by atoms with E-state index in [1.807, 2.05) is 0 Å². The molecule has 0 aliphatic heterocycles. The zero-order chi connectivity index (χ0) is 18.1. The van der Waals surface area contributed by atoms with Gasteiger partial charge in [-0.1, -0.05) is 70.4 Å². The van der Waals surface area contributed by atoms with Crippen molar-refractivity contribution in [3.8, 4) is 5.75 Å². The van der Waals surface area contributed by atoms with Gasteiger partial charge in [-0.3, -0.25) is 4.79 Å². The minimum Gasteiger partial charge on any atom is -0.506 e. The summed E-state index contributed by atoms with van der Waals surface area (Å²) in [5.74, 6) is -0.590. The van der Waals surface area contributed by atoms with Crippen molar-refractivity contribution in [1.29, 1.82) is 0 Å². The lowest BCUT2D eigenvalue weighted by Crippen LogP contribution is -2.14. The summed E-state index contributed by atoms with van der Waals surface area (Å²) in [5.41, 5.74) is -0.667. The molecule has 0 aliphatic carbocycles. The Morgan fingerprint density at radius 1 is 0.960 bits per heavy atom. The first-order chi connectivity index (χ1) is 12.1. The van der Waals surface area contributed by atoms with Crippen molar-refractivity contribution >= 4 is 16.8 Å². The van der Waals surface area contributed by atoms with Crippen LogP contribution in [0.3, 0.4) is 0 Å². The van der Waals surface area contributed by atoms with E-state index in [4.69, 9.17) is 4.42 Å². The lowest BCUT2D eigenvalue weighted by molar-refractivity contribution is 0.0973. The Balaban J connectivity index is 1.82. The SMILES string of the molecule is CCCCCCCCCCCC(=O)c1c(O)c2ccccc2oc1=O. The van der Waals surface area contributed by atoms with Gasteiger partial charge < -0.3 is 9.52 Å². The van der Waals surface area contributed by atoms with Crippen LogP contribution in [0.4, 0.5) is 0 Å². The molecule has 4 heteroatoms. The van der Waals surface area contributed by atoms with Crippen LogP contribution < -0.4 is 5.63 Å². The molecule has 25 heavy (non-hydrogen) atoms. The van der Waals surface area contributed by atoms with Gasteiger partial charge in [0.25, 0.3) is 0 Å². The molecule has 4 nitrogen and oxygen atoms in total. The number of ketones is 1. The fourth-order valence-corrected chi connectivity index (χ4v) is 3.10. The molecule has 0 atom stereocenters. The van der Waals surface area contributed by atoms with Gasteiger partial charge in [-0.15, -0.1) is 0 Å². The summed E-state index contributed by atoms with van der Waals surface area (Å²) in [6.45, 7) is 2.21. The fraction of sp³-hybridized carbons (Fsp3) is 0.524. The maximum atomic E-state index is 12.3. The molecule has 2 aromatic rings. The second kappa shape index (κ2) is 10.0. The number of hydrogen-bond acceptors (Lipinski definition) is 4. The molecule has 0 spiro atoms. The highest BCUT2D eigenvalue weighted by Gasteiger charge is 2.20. The Morgan fingerprint density at radius 2 is 1.56 bits per heavy atom. The van der Waals surface area contributed by atoms with Crippen molar-refractivity contribution in [3.63, 3.8) is 0 Å². The molecular weight excluding hydrogens is 316 g/mol. The smallest absolute Gasteiger partial charge is 0.351 e. The Morgan fingerprint density at radius 3 is 2.24 bits per heavy atom. The van der Waals surface area contributed by atoms with Crippen LogP contribution in [0.25, 0.3) is 11.0 Å². The second-order valence-corrected chi connectivity index (χ2v) is 6.61. The van der Waals surface area contributed by atoms with Crippen molar-refractivity contribution < 1.29 is 14.3 Å². The van der Waals surface area contributed by atoms with Crippen molar-refractivity contribution in [2.24, 2.45) is 0 Å². The molecule has 0 unspecified atom stereocenters. The number of rotatable bonds is 11. The minimum atomic E-state index is -0.753. The molecule has 0 fully saturated rings. The van der Waals surface area contributed by atoms with E-state index < -0.39 is 5.63 Å². The fourth-order valence-electron chi connectivity index (χ4n) is 3.10. The first kappa shape index (κ1) is 19.2. The number of para-hydroxylation sites is 1. The molecule has 1 aromatic carbocycles. The Labute approximate surface area is 148 Å². The lowest BCUT2D eigenvalue weighted by atomic mass is 10.0. The van der Waals surface area contributed by atoms with Crippen LogP contribution in [0.15, 0.2) is 33.5 Å². The van der Waals surface area contributed by atoms with E-state index >= 15 is 0 Å². The third-order valence-electron chi connectivity index (χ3n) is 4.57. The molecule has 136 valence electrons. The molecule has 0 bridgehead atoms. The monoisotopic (exact) mass is 344 g/mol. The summed E-state index contributed by atoms with van der Waals surface area (Å²) < 4.78 is 5.15. The van der Waals surface area contributed by atoms with E-state index in [2.05, 4.69) is 6.92 Å². The van der Waals surface area contributed by atoms with Crippen molar-refractivity contribution in [2.45, 2.75) is 71.1 Å². The molecular formula is C21H28O4. The topological polar surface area (TPSA) is 67.5 Å². The highest BCUT2D eigenvalue weighted by Crippen LogP contribution is 2.27. The van der Waals surface area contributed by atoms with Gasteiger partial charge in [0.1, 0.15) is 16.9 Å². The maximum absolute atomic E-state index is 12.3. The van der Waals surface area contributed by atoms with Gasteiger partial charge in [-0.25, -0.2) is 4.79 Å². The second-order valence-electron chi connectivity index (χ2n) is 6.61. The standard InChI is InChI=1S/C21H28O4/c1-2-3-4-5-6-7-8-9-10-14-17(22)19-20(23)16-13-11-12-15-18(16)25-21(19)24/h11-13,15,23H,2-10,14H2,1H3.